The van der Waals surface area contributed by atoms with Crippen LogP contribution in [0.15, 0.2) is 30.5 Å². The first-order chi connectivity index (χ1) is 12.8. The molecule has 2 rings (SSSR count). The number of nitro groups is 1. The first-order valence-electron chi connectivity index (χ1n) is 7.67. The summed E-state index contributed by atoms with van der Waals surface area (Å²) in [5.41, 5.74) is 5.61. The molecule has 1 heterocycles. The van der Waals surface area contributed by atoms with Gasteiger partial charge in [0.15, 0.2) is 5.11 Å². The number of nitrogens with zero attached hydrogens (tertiary/aromatic N) is 3. The van der Waals surface area contributed by atoms with E-state index in [4.69, 9.17) is 28.6 Å². The lowest BCUT2D eigenvalue weighted by Gasteiger charge is -2.15. The van der Waals surface area contributed by atoms with E-state index in [0.717, 1.165) is 16.4 Å². The maximum Gasteiger partial charge on any atom is 0.350 e. The highest BCUT2D eigenvalue weighted by Crippen LogP contribution is 2.25. The lowest BCUT2D eigenvalue weighted by atomic mass is 10.2. The van der Waals surface area contributed by atoms with Crippen molar-refractivity contribution in [1.82, 2.24) is 25.9 Å². The van der Waals surface area contributed by atoms with Gasteiger partial charge in [0, 0.05) is 11.6 Å². The van der Waals surface area contributed by atoms with E-state index in [2.05, 4.69) is 21.3 Å². The number of amides is 1. The van der Waals surface area contributed by atoms with E-state index < -0.39 is 16.9 Å². The molecule has 0 aliphatic rings. The molecule has 27 heavy (non-hydrogen) atoms. The number of carbonyl (C=O) groups excluding carboxylic acids is 1. The molecule has 1 amide bonds. The van der Waals surface area contributed by atoms with Crippen LogP contribution in [0.25, 0.3) is 0 Å². The van der Waals surface area contributed by atoms with Gasteiger partial charge in [-0.25, -0.2) is 4.68 Å². The average Bonchev–Trinajstić information content (AvgIpc) is 3.09. The number of hydrogen-bond acceptors (Lipinski definition) is 6. The Morgan fingerprint density at radius 2 is 2.07 bits per heavy atom. The van der Waals surface area contributed by atoms with Gasteiger partial charge >= 0.3 is 11.6 Å². The molecule has 0 saturated carbocycles. The van der Waals surface area contributed by atoms with Crippen LogP contribution in [0.5, 0.6) is 5.88 Å². The number of rotatable bonds is 6. The third-order valence-electron chi connectivity index (χ3n) is 3.51. The topological polar surface area (TPSA) is 123 Å². The summed E-state index contributed by atoms with van der Waals surface area (Å²) in [4.78, 5) is 22.5. The van der Waals surface area contributed by atoms with Crippen molar-refractivity contribution < 1.29 is 14.5 Å². The minimum atomic E-state index is -0.834. The average molecular weight is 413 g/mol. The van der Waals surface area contributed by atoms with Crippen molar-refractivity contribution >= 4 is 40.5 Å². The molecule has 12 heteroatoms. The minimum absolute atomic E-state index is 0.173. The molecule has 0 bridgehead atoms. The van der Waals surface area contributed by atoms with Gasteiger partial charge in [-0.1, -0.05) is 23.7 Å². The Hall–Kier alpha value is -2.92. The number of nitrogens with one attached hydrogen (secondary N) is 3. The molecule has 10 nitrogen and oxygen atoms in total. The standard InChI is InChI=1S/C15H17ClN6O4S/c1-9(21-8-12(22(24)25)14(20-21)26-2)13(23)18-19-15(27)17-7-10-3-5-11(16)6-4-10/h3-6,8-9H,7H2,1-2H3,(H,18,23)(H2,17,19,27)/t9-/m0/s1. The van der Waals surface area contributed by atoms with Crippen molar-refractivity contribution in [3.63, 3.8) is 0 Å². The third-order valence-corrected chi connectivity index (χ3v) is 4.01. The first-order valence-corrected chi connectivity index (χ1v) is 8.46. The van der Waals surface area contributed by atoms with E-state index in [0.29, 0.717) is 11.6 Å². The molecule has 1 atom stereocenters. The SMILES string of the molecule is COc1nn([C@@H](C)C(=O)NNC(=S)NCc2ccc(Cl)cc2)cc1[N+](=O)[O-]. The monoisotopic (exact) mass is 412 g/mol. The summed E-state index contributed by atoms with van der Waals surface area (Å²) < 4.78 is 5.97. The first kappa shape index (κ1) is 20.4. The van der Waals surface area contributed by atoms with Gasteiger partial charge in [-0.15, -0.1) is 5.10 Å². The summed E-state index contributed by atoms with van der Waals surface area (Å²) in [6.07, 6.45) is 1.13. The van der Waals surface area contributed by atoms with Crippen molar-refractivity contribution in [3.05, 3.63) is 51.2 Å². The van der Waals surface area contributed by atoms with Gasteiger partial charge in [-0.05, 0) is 36.8 Å². The van der Waals surface area contributed by atoms with E-state index in [9.17, 15) is 14.9 Å². The minimum Gasteiger partial charge on any atom is -0.475 e. The highest BCUT2D eigenvalue weighted by atomic mass is 35.5. The highest BCUT2D eigenvalue weighted by Gasteiger charge is 2.25. The summed E-state index contributed by atoms with van der Waals surface area (Å²) in [6, 6.07) is 6.37. The number of hydrazine groups is 1. The van der Waals surface area contributed by atoms with Crippen molar-refractivity contribution in [1.29, 1.82) is 0 Å². The molecule has 0 aliphatic carbocycles. The van der Waals surface area contributed by atoms with Crippen LogP contribution >= 0.6 is 23.8 Å². The van der Waals surface area contributed by atoms with Gasteiger partial charge in [0.25, 0.3) is 5.91 Å². The van der Waals surface area contributed by atoms with Crippen LogP contribution in [0.3, 0.4) is 0 Å². The normalized spacial score (nSPS) is 11.4. The van der Waals surface area contributed by atoms with Crippen LogP contribution in [-0.4, -0.2) is 32.8 Å². The number of halogens is 1. The number of aromatic nitrogens is 2. The number of hydrogen-bond donors (Lipinski definition) is 3. The molecule has 0 radical (unpaired) electrons. The van der Waals surface area contributed by atoms with Gasteiger partial charge in [0.05, 0.1) is 12.0 Å². The van der Waals surface area contributed by atoms with E-state index in [1.165, 1.54) is 14.0 Å². The molecule has 0 unspecified atom stereocenters. The van der Waals surface area contributed by atoms with E-state index >= 15 is 0 Å². The smallest absolute Gasteiger partial charge is 0.350 e. The Kier molecular flexibility index (Phi) is 6.91. The maximum absolute atomic E-state index is 12.2. The molecule has 2 aromatic rings. The Bertz CT molecular complexity index is 841. The van der Waals surface area contributed by atoms with Crippen molar-refractivity contribution in [2.45, 2.75) is 19.5 Å². The van der Waals surface area contributed by atoms with Crippen LogP contribution in [0.4, 0.5) is 5.69 Å². The van der Waals surface area contributed by atoms with Crippen LogP contribution in [0.2, 0.25) is 5.02 Å². The van der Waals surface area contributed by atoms with Crippen molar-refractivity contribution in [2.75, 3.05) is 7.11 Å². The second-order valence-electron chi connectivity index (χ2n) is 5.36. The number of benzene rings is 1. The van der Waals surface area contributed by atoms with Crippen LogP contribution < -0.4 is 20.9 Å². The Morgan fingerprint density at radius 3 is 2.63 bits per heavy atom. The second kappa shape index (κ2) is 9.14. The zero-order chi connectivity index (χ0) is 20.0. The molecule has 144 valence electrons. The summed E-state index contributed by atoms with van der Waals surface area (Å²) in [6.45, 7) is 1.97. The Labute approximate surface area is 164 Å². The Morgan fingerprint density at radius 1 is 1.41 bits per heavy atom. The largest absolute Gasteiger partial charge is 0.475 e. The van der Waals surface area contributed by atoms with Crippen molar-refractivity contribution in [2.24, 2.45) is 0 Å². The molecule has 3 N–H and O–H groups in total. The fraction of sp³-hybridized carbons (Fsp3) is 0.267. The summed E-state index contributed by atoms with van der Waals surface area (Å²) in [5, 5.41) is 18.6. The van der Waals surface area contributed by atoms with Gasteiger partial charge in [-0.3, -0.25) is 25.8 Å². The van der Waals surface area contributed by atoms with Crippen LogP contribution in [0, 0.1) is 10.1 Å². The fourth-order valence-corrected chi connectivity index (χ4v) is 2.26. The zero-order valence-corrected chi connectivity index (χ0v) is 16.0. The quantitative estimate of drug-likeness (QED) is 0.372. The molecule has 0 saturated heterocycles. The fourth-order valence-electron chi connectivity index (χ4n) is 2.01. The molecule has 0 spiro atoms. The van der Waals surface area contributed by atoms with Crippen LogP contribution in [0.1, 0.15) is 18.5 Å². The van der Waals surface area contributed by atoms with E-state index in [1.54, 1.807) is 12.1 Å². The van der Waals surface area contributed by atoms with E-state index in [-0.39, 0.29) is 16.7 Å². The predicted molar refractivity (Wildman–Crippen MR) is 102 cm³/mol. The molecule has 0 aliphatic heterocycles. The molecule has 0 fully saturated rings. The molecule has 1 aromatic carbocycles. The zero-order valence-electron chi connectivity index (χ0n) is 14.4. The molecule has 1 aromatic heterocycles. The summed E-state index contributed by atoms with van der Waals surface area (Å²) >= 11 is 10.9. The molecular formula is C15H17ClN6O4S. The van der Waals surface area contributed by atoms with Gasteiger partial charge in [-0.2, -0.15) is 0 Å². The lowest BCUT2D eigenvalue weighted by Crippen LogP contribution is -2.48. The van der Waals surface area contributed by atoms with E-state index in [1.807, 2.05) is 12.1 Å². The lowest BCUT2D eigenvalue weighted by molar-refractivity contribution is -0.385. The van der Waals surface area contributed by atoms with Gasteiger partial charge in [0.1, 0.15) is 12.2 Å². The number of methoxy groups -OCH3 is 1. The number of ether oxygens (including phenoxy) is 1. The highest BCUT2D eigenvalue weighted by molar-refractivity contribution is 7.80. The maximum atomic E-state index is 12.2. The van der Waals surface area contributed by atoms with Crippen molar-refractivity contribution in [3.8, 4) is 5.88 Å². The van der Waals surface area contributed by atoms with Crippen LogP contribution in [-0.2, 0) is 11.3 Å². The number of carbonyl (C=O) groups is 1. The van der Waals surface area contributed by atoms with Gasteiger partial charge < -0.3 is 10.1 Å². The predicted octanol–water partition coefficient (Wildman–Crippen LogP) is 1.71. The number of thiocarbonyl (C=S) groups is 1. The second-order valence-corrected chi connectivity index (χ2v) is 6.20. The Balaban J connectivity index is 1.86. The third kappa shape index (κ3) is 5.53. The summed E-state index contributed by atoms with van der Waals surface area (Å²) in [5.74, 6) is -0.668. The molecular weight excluding hydrogens is 396 g/mol. The van der Waals surface area contributed by atoms with Gasteiger partial charge in [0.2, 0.25) is 0 Å². The summed E-state index contributed by atoms with van der Waals surface area (Å²) in [7, 11) is 1.26.